The predicted molar refractivity (Wildman–Crippen MR) is 72.8 cm³/mol. The van der Waals surface area contributed by atoms with E-state index in [4.69, 9.17) is 10.5 Å². The van der Waals surface area contributed by atoms with Crippen LogP contribution in [0.5, 0.6) is 0 Å². The molecule has 1 rings (SSSR count). The monoisotopic (exact) mass is 250 g/mol. The number of carbonyl (C=O) groups is 1. The average Bonchev–Trinajstić information content (AvgIpc) is 2.36. The van der Waals surface area contributed by atoms with E-state index in [1.807, 2.05) is 37.4 Å². The predicted octanol–water partition coefficient (Wildman–Crippen LogP) is 2.63. The fourth-order valence-electron chi connectivity index (χ4n) is 1.83. The highest BCUT2D eigenvalue weighted by molar-refractivity contribution is 5.97. The zero-order chi connectivity index (χ0) is 13.6. The third kappa shape index (κ3) is 3.30. The van der Waals surface area contributed by atoms with Crippen LogP contribution in [-0.2, 0) is 0 Å². The van der Waals surface area contributed by atoms with Gasteiger partial charge in [0.15, 0.2) is 0 Å². The van der Waals surface area contributed by atoms with Crippen LogP contribution in [0, 0.1) is 5.41 Å². The van der Waals surface area contributed by atoms with Gasteiger partial charge in [-0.2, -0.15) is 0 Å². The number of nitrogens with zero attached hydrogens (tertiary/aromatic N) is 1. The number of para-hydroxylation sites is 1. The van der Waals surface area contributed by atoms with Gasteiger partial charge in [-0.15, -0.1) is 0 Å². The molecular formula is C13H20N3O2+. The van der Waals surface area contributed by atoms with Crippen LogP contribution >= 0.6 is 0 Å². The Morgan fingerprint density at radius 2 is 2.00 bits per heavy atom. The maximum absolute atomic E-state index is 10.7. The number of nitrogens with one attached hydrogen (secondary N) is 2. The number of guanidine groups is 1. The van der Waals surface area contributed by atoms with Crippen LogP contribution < -0.4 is 9.80 Å². The van der Waals surface area contributed by atoms with Crippen LogP contribution in [-0.4, -0.2) is 30.8 Å². The molecule has 0 spiro atoms. The number of hydrogen-bond acceptors (Lipinski definition) is 2. The molecule has 3 N–H and O–H groups in total. The highest BCUT2D eigenvalue weighted by Gasteiger charge is 2.31. The fraction of sp³-hybridized carbons (Fsp3) is 0.385. The van der Waals surface area contributed by atoms with Crippen molar-refractivity contribution in [3.63, 3.8) is 0 Å². The number of rotatable bonds is 4. The molecule has 0 radical (unpaired) electrons. The minimum atomic E-state index is -1.20. The molecule has 0 saturated heterocycles. The van der Waals surface area contributed by atoms with E-state index in [1.54, 1.807) is 0 Å². The second-order valence-corrected chi connectivity index (χ2v) is 4.38. The van der Waals surface area contributed by atoms with E-state index < -0.39 is 6.09 Å². The summed E-state index contributed by atoms with van der Waals surface area (Å²) in [5.41, 5.74) is 0.907. The van der Waals surface area contributed by atoms with Gasteiger partial charge in [-0.25, -0.2) is 20.0 Å². The van der Waals surface area contributed by atoms with E-state index in [0.29, 0.717) is 6.54 Å². The van der Waals surface area contributed by atoms with Crippen LogP contribution in [0.15, 0.2) is 30.3 Å². The smallest absolute Gasteiger partial charge is 0.414 e. The first-order valence-electron chi connectivity index (χ1n) is 6.01. The van der Waals surface area contributed by atoms with Crippen molar-refractivity contribution in [3.8, 4) is 0 Å². The fourth-order valence-corrected chi connectivity index (χ4v) is 1.83. The highest BCUT2D eigenvalue weighted by atomic mass is 16.4. The molecule has 1 aromatic rings. The largest absolute Gasteiger partial charge is 0.465 e. The Balaban J connectivity index is 3.02. The summed E-state index contributed by atoms with van der Waals surface area (Å²) in [4.78, 5) is 10.7. The Bertz CT molecular complexity index is 420. The molecule has 1 amide bonds. The van der Waals surface area contributed by atoms with Crippen molar-refractivity contribution in [2.24, 2.45) is 0 Å². The third-order valence-corrected chi connectivity index (χ3v) is 3.00. The van der Waals surface area contributed by atoms with Crippen LogP contribution in [0.3, 0.4) is 0 Å². The number of carboxylic acid groups (broad SMARTS) is 1. The molecule has 0 aliphatic carbocycles. The minimum Gasteiger partial charge on any atom is -0.465 e. The van der Waals surface area contributed by atoms with Crippen LogP contribution in [0.4, 0.5) is 10.5 Å². The van der Waals surface area contributed by atoms with Gasteiger partial charge >= 0.3 is 12.1 Å². The maximum atomic E-state index is 10.7. The standard InChI is InChI=1S/C13H19N3O2/c1-3-4-10-16(2,12(14)15-13(17)18)11-8-6-5-7-9-11/h5-9H,3-4,10H2,1-2H3,(H2-,14,15,17,18)/p+1. The highest BCUT2D eigenvalue weighted by Crippen LogP contribution is 2.21. The molecule has 18 heavy (non-hydrogen) atoms. The molecule has 1 atom stereocenters. The van der Waals surface area contributed by atoms with Gasteiger partial charge in [0.25, 0.3) is 0 Å². The van der Waals surface area contributed by atoms with Crippen molar-refractivity contribution >= 4 is 17.7 Å². The summed E-state index contributed by atoms with van der Waals surface area (Å²) in [6, 6.07) is 9.51. The molecule has 0 aliphatic rings. The number of quaternary nitrogens is 1. The summed E-state index contributed by atoms with van der Waals surface area (Å²) in [6.45, 7) is 2.77. The maximum Gasteiger partial charge on any atom is 0.414 e. The van der Waals surface area contributed by atoms with Gasteiger partial charge in [0.1, 0.15) is 5.69 Å². The molecule has 0 heterocycles. The Kier molecular flexibility index (Phi) is 4.85. The topological polar surface area (TPSA) is 73.2 Å². The summed E-state index contributed by atoms with van der Waals surface area (Å²) in [6.07, 6.45) is 0.729. The zero-order valence-corrected chi connectivity index (χ0v) is 10.8. The average molecular weight is 250 g/mol. The summed E-state index contributed by atoms with van der Waals surface area (Å²) in [7, 11) is 1.85. The van der Waals surface area contributed by atoms with E-state index in [0.717, 1.165) is 18.5 Å². The van der Waals surface area contributed by atoms with Gasteiger partial charge in [-0.1, -0.05) is 31.5 Å². The molecule has 0 fully saturated rings. The number of hydrogen-bond donors (Lipinski definition) is 3. The van der Waals surface area contributed by atoms with Gasteiger partial charge in [-0.3, -0.25) is 0 Å². The quantitative estimate of drug-likeness (QED) is 0.436. The lowest BCUT2D eigenvalue weighted by molar-refractivity contribution is 0.198. The lowest BCUT2D eigenvalue weighted by Crippen LogP contribution is -2.57. The molecule has 0 aromatic heterocycles. The molecule has 0 saturated carbocycles. The molecule has 5 nitrogen and oxygen atoms in total. The van der Waals surface area contributed by atoms with Crippen molar-refractivity contribution in [3.05, 3.63) is 30.3 Å². The molecule has 5 heteroatoms. The first kappa shape index (κ1) is 14.2. The van der Waals surface area contributed by atoms with Gasteiger partial charge in [-0.05, 0) is 18.6 Å². The van der Waals surface area contributed by atoms with Crippen molar-refractivity contribution in [1.29, 1.82) is 5.41 Å². The second-order valence-electron chi connectivity index (χ2n) is 4.38. The number of benzene rings is 1. The molecule has 1 aromatic carbocycles. The SMILES string of the molecule is CCCC[N+](C)(C(=N)NC(=O)O)c1ccccc1. The van der Waals surface area contributed by atoms with Crippen LogP contribution in [0.1, 0.15) is 19.8 Å². The van der Waals surface area contributed by atoms with Crippen molar-refractivity contribution in [2.75, 3.05) is 13.6 Å². The van der Waals surface area contributed by atoms with Crippen molar-refractivity contribution in [1.82, 2.24) is 9.80 Å². The van der Waals surface area contributed by atoms with Crippen LogP contribution in [0.2, 0.25) is 0 Å². The van der Waals surface area contributed by atoms with Gasteiger partial charge < -0.3 is 5.11 Å². The van der Waals surface area contributed by atoms with Gasteiger partial charge in [0, 0.05) is 0 Å². The van der Waals surface area contributed by atoms with E-state index in [1.165, 1.54) is 0 Å². The van der Waals surface area contributed by atoms with Gasteiger partial charge in [0.2, 0.25) is 0 Å². The second kappa shape index (κ2) is 6.16. The van der Waals surface area contributed by atoms with Crippen LogP contribution in [0.25, 0.3) is 0 Å². The summed E-state index contributed by atoms with van der Waals surface area (Å²) in [5, 5.41) is 18.9. The van der Waals surface area contributed by atoms with Gasteiger partial charge in [0.05, 0.1) is 13.6 Å². The number of amides is 1. The van der Waals surface area contributed by atoms with E-state index in [9.17, 15) is 4.79 Å². The van der Waals surface area contributed by atoms with E-state index >= 15 is 0 Å². The Labute approximate surface area is 107 Å². The van der Waals surface area contributed by atoms with E-state index in [2.05, 4.69) is 12.2 Å². The zero-order valence-electron chi connectivity index (χ0n) is 10.8. The third-order valence-electron chi connectivity index (χ3n) is 3.00. The molecule has 0 aliphatic heterocycles. The molecular weight excluding hydrogens is 230 g/mol. The molecule has 0 bridgehead atoms. The minimum absolute atomic E-state index is 0.0258. The molecule has 98 valence electrons. The van der Waals surface area contributed by atoms with Crippen molar-refractivity contribution < 1.29 is 9.90 Å². The summed E-state index contributed by atoms with van der Waals surface area (Å²) >= 11 is 0. The lowest BCUT2D eigenvalue weighted by atomic mass is 10.2. The first-order valence-corrected chi connectivity index (χ1v) is 6.01. The normalized spacial score (nSPS) is 13.7. The summed E-state index contributed by atoms with van der Waals surface area (Å²) in [5.74, 6) is -0.0258. The Morgan fingerprint density at radius 1 is 1.39 bits per heavy atom. The Morgan fingerprint density at radius 3 is 2.50 bits per heavy atom. The Hall–Kier alpha value is -1.88. The number of unbranched alkanes of at least 4 members (excludes halogenated alkanes) is 1. The molecule has 1 unspecified atom stereocenters. The van der Waals surface area contributed by atoms with Crippen molar-refractivity contribution in [2.45, 2.75) is 19.8 Å². The first-order chi connectivity index (χ1) is 8.50. The lowest BCUT2D eigenvalue weighted by Gasteiger charge is -2.32. The van der Waals surface area contributed by atoms with E-state index in [-0.39, 0.29) is 10.4 Å². The summed E-state index contributed by atoms with van der Waals surface area (Å²) < 4.78 is 0.168.